The Morgan fingerprint density at radius 1 is 1.19 bits per heavy atom. The van der Waals surface area contributed by atoms with Crippen LogP contribution in [-0.4, -0.2) is 5.91 Å². The highest BCUT2D eigenvalue weighted by Crippen LogP contribution is 2.25. The highest BCUT2D eigenvalue weighted by molar-refractivity contribution is 6.29. The van der Waals surface area contributed by atoms with Crippen LogP contribution in [0.5, 0.6) is 0 Å². The molecule has 21 heavy (non-hydrogen) atoms. The highest BCUT2D eigenvalue weighted by Gasteiger charge is 2.16. The Morgan fingerprint density at radius 2 is 1.95 bits per heavy atom. The number of rotatable bonds is 3. The van der Waals surface area contributed by atoms with E-state index in [1.165, 1.54) is 30.4 Å². The monoisotopic (exact) mass is 303 g/mol. The summed E-state index contributed by atoms with van der Waals surface area (Å²) in [6, 6.07) is 9.60. The van der Waals surface area contributed by atoms with E-state index in [9.17, 15) is 4.79 Å². The fourth-order valence-electron chi connectivity index (χ4n) is 2.81. The van der Waals surface area contributed by atoms with E-state index >= 15 is 0 Å². The van der Waals surface area contributed by atoms with Gasteiger partial charge in [-0.3, -0.25) is 4.79 Å². The zero-order valence-electron chi connectivity index (χ0n) is 12.0. The first kappa shape index (κ1) is 14.2. The van der Waals surface area contributed by atoms with Crippen LogP contribution in [0.25, 0.3) is 0 Å². The predicted octanol–water partition coefficient (Wildman–Crippen LogP) is 4.30. The smallest absolute Gasteiger partial charge is 0.287 e. The standard InChI is InChI=1S/C17H18ClNO2/c1-11(19-17(20)15-8-9-16(18)21-15)13-7-6-12-4-2-3-5-14(12)10-13/h6-11H,2-5H2,1H3,(H,19,20). The van der Waals surface area contributed by atoms with E-state index in [0.29, 0.717) is 0 Å². The maximum Gasteiger partial charge on any atom is 0.287 e. The van der Waals surface area contributed by atoms with Gasteiger partial charge in [-0.15, -0.1) is 0 Å². The van der Waals surface area contributed by atoms with Crippen molar-refractivity contribution in [3.63, 3.8) is 0 Å². The van der Waals surface area contributed by atoms with Crippen molar-refractivity contribution in [1.82, 2.24) is 5.32 Å². The molecule has 4 heteroatoms. The zero-order valence-corrected chi connectivity index (χ0v) is 12.7. The first-order valence-corrected chi connectivity index (χ1v) is 7.69. The van der Waals surface area contributed by atoms with E-state index in [1.807, 2.05) is 6.92 Å². The topological polar surface area (TPSA) is 42.2 Å². The van der Waals surface area contributed by atoms with Crippen molar-refractivity contribution in [3.05, 3.63) is 58.0 Å². The van der Waals surface area contributed by atoms with Gasteiger partial charge in [0.1, 0.15) is 0 Å². The van der Waals surface area contributed by atoms with Crippen molar-refractivity contribution in [1.29, 1.82) is 0 Å². The summed E-state index contributed by atoms with van der Waals surface area (Å²) in [6.45, 7) is 1.98. The van der Waals surface area contributed by atoms with Crippen molar-refractivity contribution in [3.8, 4) is 0 Å². The highest BCUT2D eigenvalue weighted by atomic mass is 35.5. The number of hydrogen-bond donors (Lipinski definition) is 1. The molecule has 1 amide bonds. The molecule has 1 aromatic carbocycles. The second-order valence-corrected chi connectivity index (χ2v) is 5.91. The van der Waals surface area contributed by atoms with Gasteiger partial charge >= 0.3 is 0 Å². The molecule has 1 aromatic heterocycles. The minimum atomic E-state index is -0.243. The van der Waals surface area contributed by atoms with Gasteiger partial charge in [0, 0.05) is 0 Å². The number of nitrogens with one attached hydrogen (secondary N) is 1. The number of furan rings is 1. The van der Waals surface area contributed by atoms with E-state index in [-0.39, 0.29) is 22.9 Å². The molecule has 0 aliphatic heterocycles. The lowest BCUT2D eigenvalue weighted by atomic mass is 9.89. The van der Waals surface area contributed by atoms with Crippen LogP contribution in [-0.2, 0) is 12.8 Å². The van der Waals surface area contributed by atoms with Crippen LogP contribution >= 0.6 is 11.6 Å². The summed E-state index contributed by atoms with van der Waals surface area (Å²) in [4.78, 5) is 12.1. The molecule has 110 valence electrons. The zero-order chi connectivity index (χ0) is 14.8. The molecule has 0 saturated heterocycles. The number of fused-ring (bicyclic) bond motifs is 1. The van der Waals surface area contributed by atoms with Gasteiger partial charge in [0.15, 0.2) is 11.0 Å². The largest absolute Gasteiger partial charge is 0.440 e. The molecule has 0 saturated carbocycles. The van der Waals surface area contributed by atoms with Crippen molar-refractivity contribution >= 4 is 17.5 Å². The summed E-state index contributed by atoms with van der Waals surface area (Å²) in [5, 5.41) is 3.16. The lowest BCUT2D eigenvalue weighted by molar-refractivity contribution is 0.0912. The summed E-state index contributed by atoms with van der Waals surface area (Å²) in [5.74, 6) is -0.00284. The third kappa shape index (κ3) is 3.13. The van der Waals surface area contributed by atoms with Crippen molar-refractivity contribution < 1.29 is 9.21 Å². The van der Waals surface area contributed by atoms with Gasteiger partial charge in [-0.1, -0.05) is 18.2 Å². The fourth-order valence-corrected chi connectivity index (χ4v) is 2.96. The number of carbonyl (C=O) groups excluding carboxylic acids is 1. The maximum atomic E-state index is 12.1. The number of halogens is 1. The second kappa shape index (κ2) is 5.94. The molecule has 0 bridgehead atoms. The Balaban J connectivity index is 1.73. The Kier molecular flexibility index (Phi) is 4.02. The Hall–Kier alpha value is -1.74. The number of aryl methyl sites for hydroxylation is 2. The fraction of sp³-hybridized carbons (Fsp3) is 0.353. The van der Waals surface area contributed by atoms with E-state index < -0.39 is 0 Å². The molecular weight excluding hydrogens is 286 g/mol. The quantitative estimate of drug-likeness (QED) is 0.918. The average molecular weight is 304 g/mol. The normalized spacial score (nSPS) is 15.3. The minimum Gasteiger partial charge on any atom is -0.440 e. The van der Waals surface area contributed by atoms with E-state index in [4.69, 9.17) is 16.0 Å². The summed E-state index contributed by atoms with van der Waals surface area (Å²) < 4.78 is 5.13. The Bertz CT molecular complexity index is 663. The van der Waals surface area contributed by atoms with Crippen molar-refractivity contribution in [2.24, 2.45) is 0 Å². The molecule has 1 atom stereocenters. The molecule has 3 nitrogen and oxygen atoms in total. The van der Waals surface area contributed by atoms with Crippen LogP contribution in [0.15, 0.2) is 34.7 Å². The number of benzene rings is 1. The number of amides is 1. The van der Waals surface area contributed by atoms with Crippen LogP contribution in [0.1, 0.15) is 53.1 Å². The summed E-state index contributed by atoms with van der Waals surface area (Å²) >= 11 is 5.69. The van der Waals surface area contributed by atoms with Gasteiger partial charge in [0.25, 0.3) is 5.91 Å². The number of carbonyl (C=O) groups is 1. The van der Waals surface area contributed by atoms with Gasteiger partial charge in [-0.05, 0) is 73.0 Å². The van der Waals surface area contributed by atoms with E-state index in [0.717, 1.165) is 12.0 Å². The molecule has 1 heterocycles. The van der Waals surface area contributed by atoms with Gasteiger partial charge in [-0.25, -0.2) is 0 Å². The Labute approximate surface area is 129 Å². The molecule has 2 aromatic rings. The van der Waals surface area contributed by atoms with Gasteiger partial charge in [0.2, 0.25) is 0 Å². The van der Waals surface area contributed by atoms with Crippen LogP contribution in [0.2, 0.25) is 5.22 Å². The molecule has 1 aliphatic rings. The molecule has 3 rings (SSSR count). The molecule has 1 aliphatic carbocycles. The predicted molar refractivity (Wildman–Crippen MR) is 82.7 cm³/mol. The summed E-state index contributed by atoms with van der Waals surface area (Å²) in [5.41, 5.74) is 3.99. The summed E-state index contributed by atoms with van der Waals surface area (Å²) in [6.07, 6.45) is 4.83. The third-order valence-corrected chi connectivity index (χ3v) is 4.22. The lowest BCUT2D eigenvalue weighted by Crippen LogP contribution is -2.26. The van der Waals surface area contributed by atoms with Crippen LogP contribution in [0.4, 0.5) is 0 Å². The van der Waals surface area contributed by atoms with E-state index in [1.54, 1.807) is 12.1 Å². The van der Waals surface area contributed by atoms with Gasteiger partial charge < -0.3 is 9.73 Å². The third-order valence-electron chi connectivity index (χ3n) is 4.02. The van der Waals surface area contributed by atoms with Gasteiger partial charge in [0.05, 0.1) is 6.04 Å². The molecule has 0 radical (unpaired) electrons. The molecule has 1 unspecified atom stereocenters. The van der Waals surface area contributed by atoms with Crippen LogP contribution < -0.4 is 5.32 Å². The summed E-state index contributed by atoms with van der Waals surface area (Å²) in [7, 11) is 0. The van der Waals surface area contributed by atoms with Gasteiger partial charge in [-0.2, -0.15) is 0 Å². The first-order valence-electron chi connectivity index (χ1n) is 7.31. The minimum absolute atomic E-state index is 0.0615. The number of hydrogen-bond acceptors (Lipinski definition) is 2. The van der Waals surface area contributed by atoms with E-state index in [2.05, 4.69) is 23.5 Å². The molecule has 0 fully saturated rings. The molecular formula is C17H18ClNO2. The molecule has 0 spiro atoms. The SMILES string of the molecule is CC(NC(=O)c1ccc(Cl)o1)c1ccc2c(c1)CCCC2. The first-order chi connectivity index (χ1) is 10.1. The van der Waals surface area contributed by atoms with Crippen LogP contribution in [0.3, 0.4) is 0 Å². The van der Waals surface area contributed by atoms with Crippen molar-refractivity contribution in [2.75, 3.05) is 0 Å². The lowest BCUT2D eigenvalue weighted by Gasteiger charge is -2.19. The Morgan fingerprint density at radius 3 is 2.67 bits per heavy atom. The van der Waals surface area contributed by atoms with Crippen molar-refractivity contribution in [2.45, 2.75) is 38.6 Å². The maximum absolute atomic E-state index is 12.1. The average Bonchev–Trinajstić information content (AvgIpc) is 2.93. The molecule has 1 N–H and O–H groups in total. The van der Waals surface area contributed by atoms with Crippen LogP contribution in [0, 0.1) is 0 Å². The second-order valence-electron chi connectivity index (χ2n) is 5.53.